The molecule has 116 valence electrons. The lowest BCUT2D eigenvalue weighted by Gasteiger charge is -2.11. The van der Waals surface area contributed by atoms with Gasteiger partial charge in [-0.25, -0.2) is 9.97 Å². The molecule has 0 radical (unpaired) electrons. The number of methoxy groups -OCH3 is 1. The summed E-state index contributed by atoms with van der Waals surface area (Å²) in [5.74, 6) is 2.24. The first kappa shape index (κ1) is 14.8. The van der Waals surface area contributed by atoms with Crippen LogP contribution in [0.1, 0.15) is 5.56 Å². The Balaban J connectivity index is 1.70. The minimum absolute atomic E-state index is 0.708. The molecule has 0 aliphatic rings. The summed E-state index contributed by atoms with van der Waals surface area (Å²) in [5, 5.41) is 6.54. The molecule has 1 heterocycles. The molecule has 0 saturated heterocycles. The summed E-state index contributed by atoms with van der Waals surface area (Å²) >= 11 is 0. The van der Waals surface area contributed by atoms with Gasteiger partial charge in [-0.3, -0.25) is 0 Å². The van der Waals surface area contributed by atoms with Crippen LogP contribution in [0.2, 0.25) is 0 Å². The van der Waals surface area contributed by atoms with Gasteiger partial charge < -0.3 is 15.4 Å². The van der Waals surface area contributed by atoms with E-state index in [0.29, 0.717) is 12.4 Å². The largest absolute Gasteiger partial charge is 0.495 e. The van der Waals surface area contributed by atoms with Crippen molar-refractivity contribution in [3.8, 4) is 5.75 Å². The van der Waals surface area contributed by atoms with Crippen molar-refractivity contribution >= 4 is 17.3 Å². The molecule has 2 N–H and O–H groups in total. The quantitative estimate of drug-likeness (QED) is 0.724. The van der Waals surface area contributed by atoms with Gasteiger partial charge in [-0.15, -0.1) is 0 Å². The zero-order chi connectivity index (χ0) is 15.9. The predicted molar refractivity (Wildman–Crippen MR) is 92.1 cm³/mol. The topological polar surface area (TPSA) is 59.1 Å². The highest BCUT2D eigenvalue weighted by Gasteiger charge is 2.04. The lowest BCUT2D eigenvalue weighted by molar-refractivity contribution is 0.417. The first-order valence-electron chi connectivity index (χ1n) is 7.35. The minimum atomic E-state index is 0.708. The molecule has 0 atom stereocenters. The summed E-state index contributed by atoms with van der Waals surface area (Å²) < 4.78 is 5.33. The maximum atomic E-state index is 5.33. The van der Waals surface area contributed by atoms with Crippen LogP contribution in [0, 0.1) is 0 Å². The van der Waals surface area contributed by atoms with Crippen LogP contribution in [0.5, 0.6) is 5.75 Å². The van der Waals surface area contributed by atoms with Crippen LogP contribution >= 0.6 is 0 Å². The Bertz CT molecular complexity index is 762. The Morgan fingerprint density at radius 1 is 0.913 bits per heavy atom. The SMILES string of the molecule is COc1ccccc1Nc1cc(NCc2ccccc2)ncn1. The molecule has 0 fully saturated rings. The predicted octanol–water partition coefficient (Wildman–Crippen LogP) is 3.84. The Hall–Kier alpha value is -3.08. The van der Waals surface area contributed by atoms with E-state index in [1.807, 2.05) is 48.5 Å². The number of nitrogens with zero attached hydrogens (tertiary/aromatic N) is 2. The molecular weight excluding hydrogens is 288 g/mol. The Morgan fingerprint density at radius 3 is 2.48 bits per heavy atom. The fourth-order valence-corrected chi connectivity index (χ4v) is 2.20. The molecule has 1 aromatic heterocycles. The van der Waals surface area contributed by atoms with Gasteiger partial charge in [-0.2, -0.15) is 0 Å². The average Bonchev–Trinajstić information content (AvgIpc) is 2.62. The zero-order valence-electron chi connectivity index (χ0n) is 12.9. The van der Waals surface area contributed by atoms with Crippen LogP contribution in [-0.4, -0.2) is 17.1 Å². The van der Waals surface area contributed by atoms with Gasteiger partial charge in [0, 0.05) is 12.6 Å². The molecule has 3 rings (SSSR count). The van der Waals surface area contributed by atoms with Crippen LogP contribution in [0.25, 0.3) is 0 Å². The van der Waals surface area contributed by atoms with Crippen LogP contribution < -0.4 is 15.4 Å². The van der Waals surface area contributed by atoms with E-state index >= 15 is 0 Å². The standard InChI is InChI=1S/C18H18N4O/c1-23-16-10-6-5-9-15(16)22-18-11-17(20-13-21-18)19-12-14-7-3-2-4-8-14/h2-11,13H,12H2,1H3,(H2,19,20,21,22). The van der Waals surface area contributed by atoms with Crippen molar-refractivity contribution < 1.29 is 4.74 Å². The van der Waals surface area contributed by atoms with Crippen molar-refractivity contribution in [3.63, 3.8) is 0 Å². The molecule has 0 amide bonds. The van der Waals surface area contributed by atoms with Gasteiger partial charge in [0.15, 0.2) is 0 Å². The normalized spacial score (nSPS) is 10.1. The summed E-state index contributed by atoms with van der Waals surface area (Å²) in [6.07, 6.45) is 1.53. The van der Waals surface area contributed by atoms with Gasteiger partial charge in [-0.05, 0) is 17.7 Å². The van der Waals surface area contributed by atoms with Crippen LogP contribution in [-0.2, 0) is 6.54 Å². The third-order valence-electron chi connectivity index (χ3n) is 3.35. The molecule has 0 unspecified atom stereocenters. The molecule has 0 bridgehead atoms. The number of rotatable bonds is 6. The number of hydrogen-bond donors (Lipinski definition) is 2. The molecule has 23 heavy (non-hydrogen) atoms. The van der Waals surface area contributed by atoms with E-state index in [-0.39, 0.29) is 0 Å². The van der Waals surface area contributed by atoms with Gasteiger partial charge in [-0.1, -0.05) is 42.5 Å². The Morgan fingerprint density at radius 2 is 1.65 bits per heavy atom. The van der Waals surface area contributed by atoms with E-state index in [1.54, 1.807) is 7.11 Å². The molecule has 0 aliphatic carbocycles. The van der Waals surface area contributed by atoms with Crippen molar-refractivity contribution in [2.45, 2.75) is 6.54 Å². The summed E-state index contributed by atoms with van der Waals surface area (Å²) in [6, 6.07) is 19.8. The molecule has 5 heteroatoms. The number of benzene rings is 2. The summed E-state index contributed by atoms with van der Waals surface area (Å²) in [4.78, 5) is 8.49. The van der Waals surface area contributed by atoms with E-state index in [1.165, 1.54) is 11.9 Å². The monoisotopic (exact) mass is 306 g/mol. The van der Waals surface area contributed by atoms with Crippen molar-refractivity contribution in [1.82, 2.24) is 9.97 Å². The van der Waals surface area contributed by atoms with Gasteiger partial charge in [0.2, 0.25) is 0 Å². The lowest BCUT2D eigenvalue weighted by Crippen LogP contribution is -2.03. The summed E-state index contributed by atoms with van der Waals surface area (Å²) in [6.45, 7) is 0.714. The molecule has 2 aromatic carbocycles. The van der Waals surface area contributed by atoms with E-state index in [0.717, 1.165) is 17.3 Å². The second-order valence-electron chi connectivity index (χ2n) is 4.95. The summed E-state index contributed by atoms with van der Waals surface area (Å²) in [5.41, 5.74) is 2.06. The minimum Gasteiger partial charge on any atom is -0.495 e. The van der Waals surface area contributed by atoms with E-state index in [9.17, 15) is 0 Å². The number of aromatic nitrogens is 2. The van der Waals surface area contributed by atoms with Crippen molar-refractivity contribution in [3.05, 3.63) is 72.6 Å². The number of nitrogens with one attached hydrogen (secondary N) is 2. The highest BCUT2D eigenvalue weighted by Crippen LogP contribution is 2.26. The molecule has 0 saturated carbocycles. The van der Waals surface area contributed by atoms with Gasteiger partial charge in [0.05, 0.1) is 12.8 Å². The van der Waals surface area contributed by atoms with Crippen molar-refractivity contribution in [1.29, 1.82) is 0 Å². The fourth-order valence-electron chi connectivity index (χ4n) is 2.20. The number of ether oxygens (including phenoxy) is 1. The molecule has 0 spiro atoms. The van der Waals surface area contributed by atoms with Crippen LogP contribution in [0.4, 0.5) is 17.3 Å². The second kappa shape index (κ2) is 7.26. The number of para-hydroxylation sites is 2. The highest BCUT2D eigenvalue weighted by atomic mass is 16.5. The van der Waals surface area contributed by atoms with Crippen molar-refractivity contribution in [2.75, 3.05) is 17.7 Å². The zero-order valence-corrected chi connectivity index (χ0v) is 12.9. The van der Waals surface area contributed by atoms with Crippen LogP contribution in [0.15, 0.2) is 67.0 Å². The van der Waals surface area contributed by atoms with Gasteiger partial charge >= 0.3 is 0 Å². The Kier molecular flexibility index (Phi) is 4.69. The Labute approximate surface area is 135 Å². The molecule has 0 aliphatic heterocycles. The fraction of sp³-hybridized carbons (Fsp3) is 0.111. The molecule has 5 nitrogen and oxygen atoms in total. The van der Waals surface area contributed by atoms with E-state index in [2.05, 4.69) is 32.7 Å². The first-order chi connectivity index (χ1) is 11.3. The van der Waals surface area contributed by atoms with Gasteiger partial charge in [0.25, 0.3) is 0 Å². The number of anilines is 3. The highest BCUT2D eigenvalue weighted by molar-refractivity contribution is 5.65. The maximum Gasteiger partial charge on any atom is 0.142 e. The molecular formula is C18H18N4O. The van der Waals surface area contributed by atoms with E-state index < -0.39 is 0 Å². The first-order valence-corrected chi connectivity index (χ1v) is 7.35. The van der Waals surface area contributed by atoms with E-state index in [4.69, 9.17) is 4.74 Å². The third-order valence-corrected chi connectivity index (χ3v) is 3.35. The second-order valence-corrected chi connectivity index (χ2v) is 4.95. The lowest BCUT2D eigenvalue weighted by atomic mass is 10.2. The smallest absolute Gasteiger partial charge is 0.142 e. The van der Waals surface area contributed by atoms with Crippen LogP contribution in [0.3, 0.4) is 0 Å². The van der Waals surface area contributed by atoms with Gasteiger partial charge in [0.1, 0.15) is 23.7 Å². The van der Waals surface area contributed by atoms with Crippen molar-refractivity contribution in [2.24, 2.45) is 0 Å². The number of hydrogen-bond acceptors (Lipinski definition) is 5. The summed E-state index contributed by atoms with van der Waals surface area (Å²) in [7, 11) is 1.65. The molecule has 3 aromatic rings. The maximum absolute atomic E-state index is 5.33. The third kappa shape index (κ3) is 3.97. The average molecular weight is 306 g/mol.